The average Bonchev–Trinajstić information content (AvgIpc) is 3.23. The molecule has 2 aliphatic rings. The molecule has 2 heterocycles. The molecule has 3 rings (SSSR count). The van der Waals surface area contributed by atoms with Crippen molar-refractivity contribution >= 4 is 17.3 Å². The number of nitrogens with zero attached hydrogens (tertiary/aromatic N) is 3. The molecule has 0 spiro atoms. The Bertz CT molecular complexity index is 450. The molecule has 1 aromatic rings. The van der Waals surface area contributed by atoms with E-state index in [2.05, 4.69) is 9.88 Å². The molecule has 2 N–H and O–H groups in total. The molecular weight excluding hydrogens is 228 g/mol. The van der Waals surface area contributed by atoms with Crippen molar-refractivity contribution in [2.75, 3.05) is 36.8 Å². The average molecular weight is 246 g/mol. The van der Waals surface area contributed by atoms with Crippen LogP contribution in [0.4, 0.5) is 11.4 Å². The zero-order valence-corrected chi connectivity index (χ0v) is 10.4. The van der Waals surface area contributed by atoms with Crippen LogP contribution >= 0.6 is 0 Å². The summed E-state index contributed by atoms with van der Waals surface area (Å²) in [7, 11) is 0. The summed E-state index contributed by atoms with van der Waals surface area (Å²) in [4.78, 5) is 20.2. The highest BCUT2D eigenvalue weighted by Crippen LogP contribution is 2.31. The molecule has 0 radical (unpaired) electrons. The van der Waals surface area contributed by atoms with Crippen LogP contribution in [0.5, 0.6) is 0 Å². The highest BCUT2D eigenvalue weighted by Gasteiger charge is 2.34. The van der Waals surface area contributed by atoms with Gasteiger partial charge < -0.3 is 15.5 Å². The van der Waals surface area contributed by atoms with Crippen LogP contribution in [0.15, 0.2) is 18.5 Å². The fourth-order valence-corrected chi connectivity index (χ4v) is 2.44. The molecule has 96 valence electrons. The van der Waals surface area contributed by atoms with E-state index in [1.165, 1.54) is 0 Å². The van der Waals surface area contributed by atoms with E-state index in [1.54, 1.807) is 12.4 Å². The van der Waals surface area contributed by atoms with Crippen molar-refractivity contribution in [1.29, 1.82) is 0 Å². The maximum Gasteiger partial charge on any atom is 0.225 e. The Hall–Kier alpha value is -1.78. The van der Waals surface area contributed by atoms with Gasteiger partial charge in [0.2, 0.25) is 5.91 Å². The van der Waals surface area contributed by atoms with Crippen molar-refractivity contribution in [2.45, 2.75) is 12.8 Å². The van der Waals surface area contributed by atoms with Crippen molar-refractivity contribution in [3.63, 3.8) is 0 Å². The minimum Gasteiger partial charge on any atom is -0.396 e. The minimum atomic E-state index is 0.322. The molecule has 1 saturated carbocycles. The summed E-state index contributed by atoms with van der Waals surface area (Å²) < 4.78 is 0. The first kappa shape index (κ1) is 11.3. The van der Waals surface area contributed by atoms with Crippen LogP contribution in [0.3, 0.4) is 0 Å². The summed E-state index contributed by atoms with van der Waals surface area (Å²) in [6.45, 7) is 3.31. The van der Waals surface area contributed by atoms with Crippen LogP contribution in [0.2, 0.25) is 0 Å². The Balaban J connectivity index is 1.63. The molecule has 2 fully saturated rings. The maximum atomic E-state index is 11.9. The number of nitrogen functional groups attached to an aromatic ring is 1. The fraction of sp³-hybridized carbons (Fsp3) is 0.538. The van der Waals surface area contributed by atoms with Crippen LogP contribution < -0.4 is 10.6 Å². The summed E-state index contributed by atoms with van der Waals surface area (Å²) in [5, 5.41) is 0. The van der Waals surface area contributed by atoms with E-state index in [4.69, 9.17) is 5.73 Å². The molecule has 1 aliphatic heterocycles. The van der Waals surface area contributed by atoms with Gasteiger partial charge in [-0.3, -0.25) is 9.78 Å². The van der Waals surface area contributed by atoms with Crippen molar-refractivity contribution < 1.29 is 4.79 Å². The van der Waals surface area contributed by atoms with Gasteiger partial charge in [0.25, 0.3) is 0 Å². The fourth-order valence-electron chi connectivity index (χ4n) is 2.44. The molecule has 0 aromatic carbocycles. The standard InChI is InChI=1S/C13H18N4O/c14-11-9-15-4-3-12(11)16-5-7-17(8-6-16)13(18)10-1-2-10/h3-4,9-10H,1-2,5-8,14H2. The summed E-state index contributed by atoms with van der Waals surface area (Å²) in [5.41, 5.74) is 7.66. The van der Waals surface area contributed by atoms with Gasteiger partial charge in [0, 0.05) is 38.3 Å². The Morgan fingerprint density at radius 2 is 2.00 bits per heavy atom. The number of rotatable bonds is 2. The van der Waals surface area contributed by atoms with Crippen molar-refractivity contribution in [3.05, 3.63) is 18.5 Å². The van der Waals surface area contributed by atoms with Crippen molar-refractivity contribution in [1.82, 2.24) is 9.88 Å². The lowest BCUT2D eigenvalue weighted by molar-refractivity contribution is -0.132. The van der Waals surface area contributed by atoms with Crippen LogP contribution in [0.1, 0.15) is 12.8 Å². The van der Waals surface area contributed by atoms with E-state index in [0.717, 1.165) is 44.7 Å². The smallest absolute Gasteiger partial charge is 0.225 e. The summed E-state index contributed by atoms with van der Waals surface area (Å²) in [5.74, 6) is 0.667. The first-order chi connectivity index (χ1) is 8.75. The lowest BCUT2D eigenvalue weighted by Gasteiger charge is -2.36. The topological polar surface area (TPSA) is 62.5 Å². The maximum absolute atomic E-state index is 11.9. The minimum absolute atomic E-state index is 0.322. The van der Waals surface area contributed by atoms with Gasteiger partial charge in [0.05, 0.1) is 17.6 Å². The summed E-state index contributed by atoms with van der Waals surface area (Å²) in [6, 6.07) is 1.94. The van der Waals surface area contributed by atoms with Gasteiger partial charge >= 0.3 is 0 Å². The zero-order valence-electron chi connectivity index (χ0n) is 10.4. The molecule has 0 bridgehead atoms. The number of hydrogen-bond acceptors (Lipinski definition) is 4. The number of carbonyl (C=O) groups excluding carboxylic acids is 1. The number of anilines is 2. The van der Waals surface area contributed by atoms with Gasteiger partial charge in [-0.25, -0.2) is 0 Å². The number of carbonyl (C=O) groups is 1. The second kappa shape index (κ2) is 4.48. The van der Waals surface area contributed by atoms with Gasteiger partial charge in [-0.05, 0) is 18.9 Å². The van der Waals surface area contributed by atoms with E-state index in [1.807, 2.05) is 11.0 Å². The Kier molecular flexibility index (Phi) is 2.81. The molecule has 1 saturated heterocycles. The monoisotopic (exact) mass is 246 g/mol. The third-order valence-electron chi connectivity index (χ3n) is 3.69. The third-order valence-corrected chi connectivity index (χ3v) is 3.69. The second-order valence-electron chi connectivity index (χ2n) is 5.02. The molecule has 1 aliphatic carbocycles. The van der Waals surface area contributed by atoms with E-state index < -0.39 is 0 Å². The molecule has 18 heavy (non-hydrogen) atoms. The molecule has 5 heteroatoms. The Morgan fingerprint density at radius 1 is 1.28 bits per heavy atom. The van der Waals surface area contributed by atoms with E-state index in [-0.39, 0.29) is 0 Å². The summed E-state index contributed by atoms with van der Waals surface area (Å²) in [6.07, 6.45) is 5.59. The first-order valence-electron chi connectivity index (χ1n) is 6.49. The lowest BCUT2D eigenvalue weighted by atomic mass is 10.2. The van der Waals surface area contributed by atoms with Gasteiger partial charge in [0.1, 0.15) is 0 Å². The Morgan fingerprint density at radius 3 is 2.61 bits per heavy atom. The van der Waals surface area contributed by atoms with Gasteiger partial charge in [0.15, 0.2) is 0 Å². The normalized spacial score (nSPS) is 20.0. The van der Waals surface area contributed by atoms with E-state index in [0.29, 0.717) is 17.5 Å². The Labute approximate surface area is 107 Å². The molecule has 1 aromatic heterocycles. The SMILES string of the molecule is Nc1cnccc1N1CCN(C(=O)C2CC2)CC1. The molecule has 0 atom stereocenters. The molecule has 0 unspecified atom stereocenters. The van der Waals surface area contributed by atoms with Crippen LogP contribution in [-0.4, -0.2) is 42.0 Å². The van der Waals surface area contributed by atoms with E-state index >= 15 is 0 Å². The molecular formula is C13H18N4O. The lowest BCUT2D eigenvalue weighted by Crippen LogP contribution is -2.49. The number of nitrogens with two attached hydrogens (primary N) is 1. The number of aromatic nitrogens is 1. The van der Waals surface area contributed by atoms with Crippen molar-refractivity contribution in [3.8, 4) is 0 Å². The van der Waals surface area contributed by atoms with E-state index in [9.17, 15) is 4.79 Å². The largest absolute Gasteiger partial charge is 0.396 e. The predicted molar refractivity (Wildman–Crippen MR) is 70.2 cm³/mol. The van der Waals surface area contributed by atoms with Gasteiger partial charge in [-0.2, -0.15) is 0 Å². The summed E-state index contributed by atoms with van der Waals surface area (Å²) >= 11 is 0. The third kappa shape index (κ3) is 2.12. The zero-order chi connectivity index (χ0) is 12.5. The molecule has 1 amide bonds. The van der Waals surface area contributed by atoms with Crippen LogP contribution in [-0.2, 0) is 4.79 Å². The number of amides is 1. The second-order valence-corrected chi connectivity index (χ2v) is 5.02. The predicted octanol–water partition coefficient (Wildman–Crippen LogP) is 0.722. The number of hydrogen-bond donors (Lipinski definition) is 1. The first-order valence-corrected chi connectivity index (χ1v) is 6.49. The van der Waals surface area contributed by atoms with Crippen LogP contribution in [0.25, 0.3) is 0 Å². The molecule has 5 nitrogen and oxygen atoms in total. The van der Waals surface area contributed by atoms with Crippen LogP contribution in [0, 0.1) is 5.92 Å². The number of pyridine rings is 1. The number of piperazine rings is 1. The highest BCUT2D eigenvalue weighted by molar-refractivity contribution is 5.81. The quantitative estimate of drug-likeness (QED) is 0.835. The van der Waals surface area contributed by atoms with Gasteiger partial charge in [-0.15, -0.1) is 0 Å². The van der Waals surface area contributed by atoms with Crippen molar-refractivity contribution in [2.24, 2.45) is 5.92 Å². The van der Waals surface area contributed by atoms with Gasteiger partial charge in [-0.1, -0.05) is 0 Å². The highest BCUT2D eigenvalue weighted by atomic mass is 16.2.